The third kappa shape index (κ3) is 4.90. The molecule has 0 aliphatic carbocycles. The van der Waals surface area contributed by atoms with Crippen LogP contribution in [0.1, 0.15) is 16.9 Å². The number of hydrogen-bond acceptors (Lipinski definition) is 3. The second-order valence-electron chi connectivity index (χ2n) is 6.62. The summed E-state index contributed by atoms with van der Waals surface area (Å²) in [5.41, 5.74) is 4.47. The first kappa shape index (κ1) is 18.5. The minimum absolute atomic E-state index is 0.161. The summed E-state index contributed by atoms with van der Waals surface area (Å²) in [6.45, 7) is 1.19. The first-order chi connectivity index (χ1) is 14.3. The average Bonchev–Trinajstić information content (AvgIpc) is 3.46. The number of nitrogens with zero attached hydrogens (tertiary/aromatic N) is 2. The van der Waals surface area contributed by atoms with E-state index in [9.17, 15) is 4.79 Å². The number of benzene rings is 2. The van der Waals surface area contributed by atoms with Crippen LogP contribution < -0.4 is 5.32 Å². The van der Waals surface area contributed by atoms with Crippen molar-refractivity contribution in [3.8, 4) is 11.1 Å². The van der Waals surface area contributed by atoms with Gasteiger partial charge in [-0.25, -0.2) is 0 Å². The number of amides is 1. The first-order valence-electron chi connectivity index (χ1n) is 9.42. The van der Waals surface area contributed by atoms with Gasteiger partial charge < -0.3 is 9.73 Å². The normalized spacial score (nSPS) is 11.0. The topological polar surface area (TPSA) is 60.1 Å². The Hall–Kier alpha value is -3.86. The monoisotopic (exact) mass is 383 g/mol. The molecular weight excluding hydrogens is 362 g/mol. The van der Waals surface area contributed by atoms with E-state index in [0.717, 1.165) is 23.2 Å². The van der Waals surface area contributed by atoms with Gasteiger partial charge in [-0.2, -0.15) is 5.10 Å². The van der Waals surface area contributed by atoms with Crippen molar-refractivity contribution >= 4 is 12.0 Å². The van der Waals surface area contributed by atoms with Gasteiger partial charge in [-0.15, -0.1) is 0 Å². The largest absolute Gasteiger partial charge is 0.465 e. The average molecular weight is 383 g/mol. The van der Waals surface area contributed by atoms with Crippen LogP contribution in [-0.2, 0) is 17.9 Å². The molecule has 0 saturated heterocycles. The molecule has 29 heavy (non-hydrogen) atoms. The van der Waals surface area contributed by atoms with E-state index in [1.54, 1.807) is 30.7 Å². The molecule has 0 radical (unpaired) electrons. The first-order valence-corrected chi connectivity index (χ1v) is 9.42. The van der Waals surface area contributed by atoms with Crippen molar-refractivity contribution < 1.29 is 9.21 Å². The Morgan fingerprint density at radius 1 is 1.03 bits per heavy atom. The van der Waals surface area contributed by atoms with Crippen molar-refractivity contribution in [2.45, 2.75) is 13.1 Å². The molecule has 5 nitrogen and oxygen atoms in total. The van der Waals surface area contributed by atoms with Crippen LogP contribution in [0.3, 0.4) is 0 Å². The summed E-state index contributed by atoms with van der Waals surface area (Å²) in [5, 5.41) is 7.18. The molecule has 0 atom stereocenters. The van der Waals surface area contributed by atoms with E-state index in [4.69, 9.17) is 4.42 Å². The fourth-order valence-electron chi connectivity index (χ4n) is 3.11. The zero-order chi connectivity index (χ0) is 19.9. The third-order valence-electron chi connectivity index (χ3n) is 4.58. The molecule has 0 aliphatic heterocycles. The second-order valence-corrected chi connectivity index (χ2v) is 6.62. The molecular formula is C24H21N3O2. The van der Waals surface area contributed by atoms with Crippen LogP contribution in [-0.4, -0.2) is 15.7 Å². The van der Waals surface area contributed by atoms with Gasteiger partial charge in [0.1, 0.15) is 5.76 Å². The molecule has 1 amide bonds. The SMILES string of the molecule is O=C(/C=C/c1ccco1)NCc1ccccc1-c1ccc(Cn2cccn2)cc1. The summed E-state index contributed by atoms with van der Waals surface area (Å²) in [6.07, 6.45) is 8.44. The van der Waals surface area contributed by atoms with E-state index in [0.29, 0.717) is 12.3 Å². The summed E-state index contributed by atoms with van der Waals surface area (Å²) in [4.78, 5) is 12.1. The Bertz CT molecular complexity index is 1080. The van der Waals surface area contributed by atoms with E-state index in [1.807, 2.05) is 35.1 Å². The molecule has 0 spiro atoms. The molecule has 0 bridgehead atoms. The molecule has 0 saturated carbocycles. The van der Waals surface area contributed by atoms with Gasteiger partial charge in [-0.1, -0.05) is 48.5 Å². The molecule has 2 heterocycles. The second kappa shape index (κ2) is 8.89. The highest BCUT2D eigenvalue weighted by Crippen LogP contribution is 2.24. The Morgan fingerprint density at radius 2 is 1.90 bits per heavy atom. The van der Waals surface area contributed by atoms with Crippen LogP contribution in [0.4, 0.5) is 0 Å². The zero-order valence-electron chi connectivity index (χ0n) is 15.9. The van der Waals surface area contributed by atoms with Crippen molar-refractivity contribution in [2.75, 3.05) is 0 Å². The van der Waals surface area contributed by atoms with Gasteiger partial charge in [0.15, 0.2) is 0 Å². The number of nitrogens with one attached hydrogen (secondary N) is 1. The van der Waals surface area contributed by atoms with E-state index < -0.39 is 0 Å². The van der Waals surface area contributed by atoms with Crippen molar-refractivity contribution in [2.24, 2.45) is 0 Å². The van der Waals surface area contributed by atoms with Crippen LogP contribution in [0.15, 0.2) is 95.9 Å². The smallest absolute Gasteiger partial charge is 0.244 e. The van der Waals surface area contributed by atoms with E-state index in [-0.39, 0.29) is 5.91 Å². The molecule has 0 aliphatic rings. The van der Waals surface area contributed by atoms with Crippen LogP contribution >= 0.6 is 0 Å². The van der Waals surface area contributed by atoms with Gasteiger partial charge in [-0.3, -0.25) is 9.48 Å². The number of hydrogen-bond donors (Lipinski definition) is 1. The van der Waals surface area contributed by atoms with E-state index in [2.05, 4.69) is 40.7 Å². The minimum atomic E-state index is -0.161. The van der Waals surface area contributed by atoms with Gasteiger partial charge in [-0.05, 0) is 46.5 Å². The molecule has 1 N–H and O–H groups in total. The maximum atomic E-state index is 12.1. The fourth-order valence-corrected chi connectivity index (χ4v) is 3.11. The van der Waals surface area contributed by atoms with Crippen molar-refractivity contribution in [3.05, 3.63) is 108 Å². The molecule has 4 rings (SSSR count). The van der Waals surface area contributed by atoms with Gasteiger partial charge in [0.05, 0.1) is 12.8 Å². The van der Waals surface area contributed by atoms with Gasteiger partial charge in [0, 0.05) is 25.0 Å². The predicted molar refractivity (Wildman–Crippen MR) is 113 cm³/mol. The van der Waals surface area contributed by atoms with Crippen molar-refractivity contribution in [3.63, 3.8) is 0 Å². The highest BCUT2D eigenvalue weighted by Gasteiger charge is 2.06. The number of furan rings is 1. The fraction of sp³-hybridized carbons (Fsp3) is 0.0833. The van der Waals surface area contributed by atoms with E-state index >= 15 is 0 Å². The van der Waals surface area contributed by atoms with Gasteiger partial charge in [0.2, 0.25) is 5.91 Å². The van der Waals surface area contributed by atoms with Crippen LogP contribution in [0.2, 0.25) is 0 Å². The highest BCUT2D eigenvalue weighted by molar-refractivity contribution is 5.91. The van der Waals surface area contributed by atoms with E-state index in [1.165, 1.54) is 11.6 Å². The molecule has 0 fully saturated rings. The maximum absolute atomic E-state index is 12.1. The Labute approximate surface area is 169 Å². The molecule has 2 aromatic carbocycles. The Balaban J connectivity index is 1.43. The summed E-state index contributed by atoms with van der Waals surface area (Å²) in [5.74, 6) is 0.488. The summed E-state index contributed by atoms with van der Waals surface area (Å²) < 4.78 is 7.09. The Morgan fingerprint density at radius 3 is 2.66 bits per heavy atom. The maximum Gasteiger partial charge on any atom is 0.244 e. The standard InChI is InChI=1S/C24H21N3O2/c28-24(13-12-22-6-3-16-29-22)25-17-21-5-1-2-7-23(21)20-10-8-19(9-11-20)18-27-15-4-14-26-27/h1-16H,17-18H2,(H,25,28)/b13-12+. The number of rotatable bonds is 7. The molecule has 4 aromatic rings. The van der Waals surface area contributed by atoms with Gasteiger partial charge >= 0.3 is 0 Å². The lowest BCUT2D eigenvalue weighted by Gasteiger charge is -2.11. The lowest BCUT2D eigenvalue weighted by atomic mass is 9.98. The minimum Gasteiger partial charge on any atom is -0.465 e. The number of carbonyl (C=O) groups is 1. The zero-order valence-corrected chi connectivity index (χ0v) is 15.9. The van der Waals surface area contributed by atoms with Crippen molar-refractivity contribution in [1.82, 2.24) is 15.1 Å². The molecule has 5 heteroatoms. The molecule has 0 unspecified atom stereocenters. The molecule has 144 valence electrons. The quantitative estimate of drug-likeness (QED) is 0.477. The summed E-state index contributed by atoms with van der Waals surface area (Å²) in [6, 6.07) is 22.0. The lowest BCUT2D eigenvalue weighted by Crippen LogP contribution is -2.20. The number of aromatic nitrogens is 2. The number of carbonyl (C=O) groups excluding carboxylic acids is 1. The van der Waals surface area contributed by atoms with Crippen LogP contribution in [0.5, 0.6) is 0 Å². The van der Waals surface area contributed by atoms with Crippen LogP contribution in [0, 0.1) is 0 Å². The van der Waals surface area contributed by atoms with Crippen LogP contribution in [0.25, 0.3) is 17.2 Å². The van der Waals surface area contributed by atoms with Crippen molar-refractivity contribution in [1.29, 1.82) is 0 Å². The summed E-state index contributed by atoms with van der Waals surface area (Å²) >= 11 is 0. The highest BCUT2D eigenvalue weighted by atomic mass is 16.3. The summed E-state index contributed by atoms with van der Waals surface area (Å²) in [7, 11) is 0. The molecule has 2 aromatic heterocycles. The predicted octanol–water partition coefficient (Wildman–Crippen LogP) is 4.52. The lowest BCUT2D eigenvalue weighted by molar-refractivity contribution is -0.116. The Kier molecular flexibility index (Phi) is 5.67. The van der Waals surface area contributed by atoms with Gasteiger partial charge in [0.25, 0.3) is 0 Å². The third-order valence-corrected chi connectivity index (χ3v) is 4.58.